The maximum Gasteiger partial charge on any atom is 0.187 e. The number of hydrogen-bond acceptors (Lipinski definition) is 1. The summed E-state index contributed by atoms with van der Waals surface area (Å²) >= 11 is 0. The SMILES string of the molecule is CCCCCCCCCCCCCCCCCC(CCCCCCCCCCCCCC)[N+](C)(C)C(C)O.[Cl-]. The van der Waals surface area contributed by atoms with E-state index in [-0.39, 0.29) is 18.6 Å². The monoisotopic (exact) mass is 574 g/mol. The highest BCUT2D eigenvalue weighted by Gasteiger charge is 2.31. The van der Waals surface area contributed by atoms with E-state index in [1.807, 2.05) is 6.92 Å². The molecule has 0 aliphatic carbocycles. The average Bonchev–Trinajstić information content (AvgIpc) is 2.90. The molecule has 0 heterocycles. The van der Waals surface area contributed by atoms with Gasteiger partial charge in [0, 0.05) is 6.92 Å². The Kier molecular flexibility index (Phi) is 33.0. The number of nitrogens with zero attached hydrogens (tertiary/aromatic N) is 1. The van der Waals surface area contributed by atoms with Crippen LogP contribution in [0, 0.1) is 0 Å². The van der Waals surface area contributed by atoms with Gasteiger partial charge in [-0.2, -0.15) is 0 Å². The molecule has 2 unspecified atom stereocenters. The van der Waals surface area contributed by atoms with Gasteiger partial charge in [0.2, 0.25) is 0 Å². The molecule has 238 valence electrons. The molecular formula is C36H76ClNO. The highest BCUT2D eigenvalue weighted by molar-refractivity contribution is 4.62. The molecule has 0 radical (unpaired) electrons. The molecule has 0 aliphatic heterocycles. The molecule has 2 nitrogen and oxygen atoms in total. The van der Waals surface area contributed by atoms with Crippen molar-refractivity contribution < 1.29 is 22.0 Å². The van der Waals surface area contributed by atoms with Gasteiger partial charge < -0.3 is 22.0 Å². The highest BCUT2D eigenvalue weighted by atomic mass is 35.5. The van der Waals surface area contributed by atoms with E-state index in [2.05, 4.69) is 27.9 Å². The van der Waals surface area contributed by atoms with Crippen molar-refractivity contribution >= 4 is 0 Å². The first-order valence-corrected chi connectivity index (χ1v) is 18.0. The Bertz CT molecular complexity index is 453. The summed E-state index contributed by atoms with van der Waals surface area (Å²) < 4.78 is 0.774. The van der Waals surface area contributed by atoms with Gasteiger partial charge >= 0.3 is 0 Å². The molecule has 0 bridgehead atoms. The lowest BCUT2D eigenvalue weighted by molar-refractivity contribution is -0.957. The first-order chi connectivity index (χ1) is 18.5. The van der Waals surface area contributed by atoms with E-state index in [9.17, 15) is 5.11 Å². The Morgan fingerprint density at radius 1 is 0.410 bits per heavy atom. The van der Waals surface area contributed by atoms with Crippen LogP contribution in [-0.4, -0.2) is 36.0 Å². The Hall–Kier alpha value is 0.210. The summed E-state index contributed by atoms with van der Waals surface area (Å²) in [5.74, 6) is 0. The third-order valence-corrected chi connectivity index (χ3v) is 9.44. The molecule has 0 saturated carbocycles. The van der Waals surface area contributed by atoms with Gasteiger partial charge in [-0.25, -0.2) is 0 Å². The summed E-state index contributed by atoms with van der Waals surface area (Å²) in [4.78, 5) is 0. The minimum Gasteiger partial charge on any atom is -1.00 e. The predicted octanol–water partition coefficient (Wildman–Crippen LogP) is 9.13. The number of aliphatic hydroxyl groups excluding tert-OH is 1. The van der Waals surface area contributed by atoms with E-state index in [1.165, 1.54) is 186 Å². The first kappa shape index (κ1) is 41.3. The maximum atomic E-state index is 10.4. The fourth-order valence-electron chi connectivity index (χ4n) is 6.09. The lowest BCUT2D eigenvalue weighted by atomic mass is 9.97. The molecule has 0 saturated heterocycles. The minimum absolute atomic E-state index is 0. The smallest absolute Gasteiger partial charge is 0.187 e. The Morgan fingerprint density at radius 3 is 0.821 bits per heavy atom. The van der Waals surface area contributed by atoms with E-state index in [0.29, 0.717) is 6.04 Å². The van der Waals surface area contributed by atoms with Crippen LogP contribution >= 0.6 is 0 Å². The number of halogens is 1. The Balaban J connectivity index is 0. The standard InChI is InChI=1S/C36H76NO.ClH/c1-6-8-10-12-14-16-18-20-21-22-24-26-28-30-32-34-36(37(4,5)35(3)38)33-31-29-27-25-23-19-17-15-13-11-9-7-2;/h35-36,38H,6-34H2,1-5H3;1H/q+1;/p-1. The molecule has 1 N–H and O–H groups in total. The molecular weight excluding hydrogens is 498 g/mol. The van der Waals surface area contributed by atoms with Crippen LogP contribution in [0.15, 0.2) is 0 Å². The van der Waals surface area contributed by atoms with Crippen molar-refractivity contribution in [3.63, 3.8) is 0 Å². The largest absolute Gasteiger partial charge is 1.00 e. The summed E-state index contributed by atoms with van der Waals surface area (Å²) in [7, 11) is 4.50. The molecule has 2 atom stereocenters. The summed E-state index contributed by atoms with van der Waals surface area (Å²) in [5.41, 5.74) is 0. The van der Waals surface area contributed by atoms with Crippen LogP contribution in [0.1, 0.15) is 207 Å². The summed E-state index contributed by atoms with van der Waals surface area (Å²) in [5, 5.41) is 10.4. The van der Waals surface area contributed by atoms with Crippen molar-refractivity contribution in [3.8, 4) is 0 Å². The van der Waals surface area contributed by atoms with Crippen molar-refractivity contribution in [2.75, 3.05) is 14.1 Å². The van der Waals surface area contributed by atoms with Crippen molar-refractivity contribution in [1.82, 2.24) is 0 Å². The third kappa shape index (κ3) is 26.8. The number of rotatable bonds is 31. The summed E-state index contributed by atoms with van der Waals surface area (Å²) in [6, 6.07) is 0.611. The van der Waals surface area contributed by atoms with Gasteiger partial charge in [0.1, 0.15) is 0 Å². The van der Waals surface area contributed by atoms with Crippen LogP contribution in [0.5, 0.6) is 0 Å². The van der Waals surface area contributed by atoms with Gasteiger partial charge in [-0.1, -0.05) is 174 Å². The number of unbranched alkanes of at least 4 members (excludes halogenated alkanes) is 25. The topological polar surface area (TPSA) is 20.2 Å². The van der Waals surface area contributed by atoms with E-state index in [0.717, 1.165) is 4.48 Å². The summed E-state index contributed by atoms with van der Waals surface area (Å²) in [6.07, 6.45) is 40.8. The third-order valence-electron chi connectivity index (χ3n) is 9.44. The molecule has 0 aromatic rings. The van der Waals surface area contributed by atoms with Crippen LogP contribution < -0.4 is 12.4 Å². The fourth-order valence-corrected chi connectivity index (χ4v) is 6.09. The predicted molar refractivity (Wildman–Crippen MR) is 173 cm³/mol. The van der Waals surface area contributed by atoms with Crippen LogP contribution in [0.2, 0.25) is 0 Å². The molecule has 39 heavy (non-hydrogen) atoms. The normalized spacial score (nSPS) is 13.4. The van der Waals surface area contributed by atoms with E-state index in [1.54, 1.807) is 0 Å². The van der Waals surface area contributed by atoms with Gasteiger partial charge in [0.05, 0.1) is 20.1 Å². The minimum atomic E-state index is -0.270. The van der Waals surface area contributed by atoms with Gasteiger partial charge in [0.15, 0.2) is 6.23 Å². The maximum absolute atomic E-state index is 10.4. The number of aliphatic hydroxyl groups is 1. The molecule has 0 aromatic carbocycles. The van der Waals surface area contributed by atoms with Crippen molar-refractivity contribution in [1.29, 1.82) is 0 Å². The molecule has 0 amide bonds. The van der Waals surface area contributed by atoms with E-state index < -0.39 is 0 Å². The van der Waals surface area contributed by atoms with Crippen molar-refractivity contribution in [2.45, 2.75) is 219 Å². The quantitative estimate of drug-likeness (QED) is 0.0498. The molecule has 0 aromatic heterocycles. The number of hydrogen-bond donors (Lipinski definition) is 1. The van der Waals surface area contributed by atoms with E-state index >= 15 is 0 Å². The molecule has 0 spiro atoms. The summed E-state index contributed by atoms with van der Waals surface area (Å²) in [6.45, 7) is 6.59. The second-order valence-electron chi connectivity index (χ2n) is 13.3. The van der Waals surface area contributed by atoms with E-state index in [4.69, 9.17) is 0 Å². The second kappa shape index (κ2) is 31.2. The zero-order valence-corrected chi connectivity index (χ0v) is 28.7. The van der Waals surface area contributed by atoms with Crippen LogP contribution in [-0.2, 0) is 0 Å². The lowest BCUT2D eigenvalue weighted by Crippen LogP contribution is -3.00. The molecule has 0 aliphatic rings. The van der Waals surface area contributed by atoms with Gasteiger partial charge in [0.25, 0.3) is 0 Å². The second-order valence-corrected chi connectivity index (χ2v) is 13.3. The van der Waals surface area contributed by atoms with Gasteiger partial charge in [-0.05, 0) is 25.7 Å². The fraction of sp³-hybridized carbons (Fsp3) is 1.00. The molecule has 0 fully saturated rings. The number of quaternary nitrogens is 1. The first-order valence-electron chi connectivity index (χ1n) is 18.0. The highest BCUT2D eigenvalue weighted by Crippen LogP contribution is 2.24. The van der Waals surface area contributed by atoms with Gasteiger partial charge in [-0.3, -0.25) is 0 Å². The van der Waals surface area contributed by atoms with Gasteiger partial charge in [-0.15, -0.1) is 0 Å². The molecule has 0 rings (SSSR count). The van der Waals surface area contributed by atoms with Crippen LogP contribution in [0.3, 0.4) is 0 Å². The zero-order chi connectivity index (χ0) is 28.2. The average molecular weight is 574 g/mol. The lowest BCUT2D eigenvalue weighted by Gasteiger charge is -2.40. The van der Waals surface area contributed by atoms with Crippen LogP contribution in [0.25, 0.3) is 0 Å². The zero-order valence-electron chi connectivity index (χ0n) is 27.9. The van der Waals surface area contributed by atoms with Crippen LogP contribution in [0.4, 0.5) is 0 Å². The van der Waals surface area contributed by atoms with Crippen molar-refractivity contribution in [2.24, 2.45) is 0 Å². The Labute approximate surface area is 254 Å². The van der Waals surface area contributed by atoms with Crippen molar-refractivity contribution in [3.05, 3.63) is 0 Å². The molecule has 3 heteroatoms. The Morgan fingerprint density at radius 2 is 0.615 bits per heavy atom.